The van der Waals surface area contributed by atoms with Crippen molar-refractivity contribution in [3.8, 4) is 0 Å². The maximum Gasteiger partial charge on any atom is 0.320 e. The van der Waals surface area contributed by atoms with E-state index in [4.69, 9.17) is 15.6 Å². The molecule has 0 amide bonds. The molecule has 0 aliphatic heterocycles. The molecule has 1 rings (SSSR count). The third-order valence-corrected chi connectivity index (χ3v) is 3.97. The Kier molecular flexibility index (Phi) is 7.55. The molecule has 2 atom stereocenters. The van der Waals surface area contributed by atoms with Crippen LogP contribution in [0.3, 0.4) is 0 Å². The van der Waals surface area contributed by atoms with E-state index in [1.807, 2.05) is 12.2 Å². The van der Waals surface area contributed by atoms with Gasteiger partial charge in [-0.2, -0.15) is 0 Å². The molecule has 0 fully saturated rings. The van der Waals surface area contributed by atoms with Crippen molar-refractivity contribution in [3.63, 3.8) is 0 Å². The van der Waals surface area contributed by atoms with Crippen LogP contribution in [0.4, 0.5) is 4.39 Å². The largest absolute Gasteiger partial charge is 0.480 e. The van der Waals surface area contributed by atoms with Gasteiger partial charge in [-0.15, -0.1) is 0 Å². The van der Waals surface area contributed by atoms with Gasteiger partial charge in [0.2, 0.25) is 0 Å². The van der Waals surface area contributed by atoms with Gasteiger partial charge in [-0.3, -0.25) is 9.18 Å². The first-order valence-corrected chi connectivity index (χ1v) is 7.35. The maximum atomic E-state index is 11.9. The SMILES string of the molecule is NC(CC1=CC(OCCCCF)CC=C1I)C(=O)O. The summed E-state index contributed by atoms with van der Waals surface area (Å²) in [7, 11) is 0. The lowest BCUT2D eigenvalue weighted by molar-refractivity contribution is -0.138. The second-order valence-corrected chi connectivity index (χ2v) is 5.60. The smallest absolute Gasteiger partial charge is 0.320 e. The van der Waals surface area contributed by atoms with Crippen LogP contribution in [0.1, 0.15) is 25.7 Å². The number of ether oxygens (including phenoxy) is 1. The van der Waals surface area contributed by atoms with Crippen LogP contribution in [0.25, 0.3) is 0 Å². The van der Waals surface area contributed by atoms with Gasteiger partial charge < -0.3 is 15.6 Å². The zero-order valence-electron chi connectivity index (χ0n) is 10.6. The van der Waals surface area contributed by atoms with Gasteiger partial charge in [0.25, 0.3) is 0 Å². The number of halogens is 2. The molecule has 108 valence electrons. The number of alkyl halides is 1. The molecule has 6 heteroatoms. The fraction of sp³-hybridized carbons (Fsp3) is 0.615. The number of rotatable bonds is 8. The molecular formula is C13H19FINO3. The third kappa shape index (κ3) is 6.01. The summed E-state index contributed by atoms with van der Waals surface area (Å²) in [5.74, 6) is -1.00. The third-order valence-electron chi connectivity index (χ3n) is 2.84. The molecule has 0 bridgehead atoms. The normalized spacial score (nSPS) is 20.7. The van der Waals surface area contributed by atoms with Crippen LogP contribution in [0.15, 0.2) is 21.3 Å². The summed E-state index contributed by atoms with van der Waals surface area (Å²) < 4.78 is 18.6. The maximum absolute atomic E-state index is 11.9. The highest BCUT2D eigenvalue weighted by Crippen LogP contribution is 2.29. The number of aliphatic carboxylic acids is 1. The molecule has 0 radical (unpaired) electrons. The van der Waals surface area contributed by atoms with Crippen molar-refractivity contribution in [1.29, 1.82) is 0 Å². The first-order chi connectivity index (χ1) is 9.04. The lowest BCUT2D eigenvalue weighted by Crippen LogP contribution is -2.31. The monoisotopic (exact) mass is 383 g/mol. The van der Waals surface area contributed by atoms with Gasteiger partial charge in [0.05, 0.1) is 12.8 Å². The van der Waals surface area contributed by atoms with Crippen LogP contribution in [-0.4, -0.2) is 36.5 Å². The van der Waals surface area contributed by atoms with Crippen LogP contribution >= 0.6 is 22.6 Å². The van der Waals surface area contributed by atoms with E-state index in [-0.39, 0.29) is 12.8 Å². The molecule has 3 N–H and O–H groups in total. The number of carboxylic acids is 1. The average Bonchev–Trinajstić information content (AvgIpc) is 2.38. The molecule has 0 aromatic heterocycles. The van der Waals surface area contributed by atoms with Crippen LogP contribution in [0.5, 0.6) is 0 Å². The quantitative estimate of drug-likeness (QED) is 0.499. The Morgan fingerprint density at radius 3 is 3.00 bits per heavy atom. The first-order valence-electron chi connectivity index (χ1n) is 6.27. The lowest BCUT2D eigenvalue weighted by Gasteiger charge is -2.21. The summed E-state index contributed by atoms with van der Waals surface area (Å²) in [6.07, 6.45) is 6.17. The van der Waals surface area contributed by atoms with Crippen LogP contribution < -0.4 is 5.73 Å². The Morgan fingerprint density at radius 2 is 2.37 bits per heavy atom. The molecule has 0 heterocycles. The second kappa shape index (κ2) is 8.65. The van der Waals surface area contributed by atoms with Crippen LogP contribution in [-0.2, 0) is 9.53 Å². The lowest BCUT2D eigenvalue weighted by atomic mass is 9.99. The number of hydrogen-bond donors (Lipinski definition) is 2. The van der Waals surface area contributed by atoms with E-state index in [0.29, 0.717) is 25.9 Å². The van der Waals surface area contributed by atoms with Crippen molar-refractivity contribution in [2.75, 3.05) is 13.3 Å². The summed E-state index contributed by atoms with van der Waals surface area (Å²) in [6, 6.07) is -0.894. The molecule has 2 unspecified atom stereocenters. The van der Waals surface area contributed by atoms with Crippen LogP contribution in [0, 0.1) is 0 Å². The standard InChI is InChI=1S/C13H19FINO3/c14-5-1-2-6-19-10-3-4-11(15)9(7-10)8-12(16)13(17)18/h4,7,10,12H,1-3,5-6,8,16H2,(H,17,18). The minimum atomic E-state index is -1.00. The van der Waals surface area contributed by atoms with E-state index in [0.717, 1.165) is 15.6 Å². The number of nitrogens with two attached hydrogens (primary N) is 1. The van der Waals surface area contributed by atoms with Gasteiger partial charge >= 0.3 is 5.97 Å². The predicted octanol–water partition coefficient (Wildman–Crippen LogP) is 2.57. The average molecular weight is 383 g/mol. The van der Waals surface area contributed by atoms with Crippen molar-refractivity contribution in [1.82, 2.24) is 0 Å². The predicted molar refractivity (Wildman–Crippen MR) is 80.0 cm³/mol. The Balaban J connectivity index is 2.49. The van der Waals surface area contributed by atoms with E-state index in [9.17, 15) is 9.18 Å². The molecule has 1 aliphatic carbocycles. The summed E-state index contributed by atoms with van der Waals surface area (Å²) >= 11 is 2.18. The van der Waals surface area contributed by atoms with Crippen molar-refractivity contribution in [2.45, 2.75) is 37.8 Å². The van der Waals surface area contributed by atoms with E-state index in [2.05, 4.69) is 22.6 Å². The van der Waals surface area contributed by atoms with Crippen molar-refractivity contribution >= 4 is 28.6 Å². The van der Waals surface area contributed by atoms with Crippen molar-refractivity contribution in [2.24, 2.45) is 5.73 Å². The van der Waals surface area contributed by atoms with Gasteiger partial charge in [0, 0.05) is 10.2 Å². The van der Waals surface area contributed by atoms with E-state index in [1.54, 1.807) is 0 Å². The molecule has 1 aliphatic rings. The highest BCUT2D eigenvalue weighted by atomic mass is 127. The minimum Gasteiger partial charge on any atom is -0.480 e. The van der Waals surface area contributed by atoms with Gasteiger partial charge in [-0.05, 0) is 53.8 Å². The highest BCUT2D eigenvalue weighted by Gasteiger charge is 2.19. The van der Waals surface area contributed by atoms with Gasteiger partial charge in [-0.1, -0.05) is 12.2 Å². The first kappa shape index (κ1) is 16.6. The molecule has 0 aromatic rings. The molecule has 0 aromatic carbocycles. The summed E-state index contributed by atoms with van der Waals surface area (Å²) in [6.45, 7) is 0.203. The van der Waals surface area contributed by atoms with Gasteiger partial charge in [-0.25, -0.2) is 0 Å². The zero-order chi connectivity index (χ0) is 14.3. The Hall–Kier alpha value is -0.470. The van der Waals surface area contributed by atoms with Gasteiger partial charge in [0.1, 0.15) is 6.04 Å². The molecule has 4 nitrogen and oxygen atoms in total. The van der Waals surface area contributed by atoms with E-state index >= 15 is 0 Å². The van der Waals surface area contributed by atoms with Crippen molar-refractivity contribution in [3.05, 3.63) is 21.3 Å². The highest BCUT2D eigenvalue weighted by molar-refractivity contribution is 14.1. The van der Waals surface area contributed by atoms with E-state index < -0.39 is 12.0 Å². The summed E-state index contributed by atoms with van der Waals surface area (Å²) in [4.78, 5) is 10.8. The molecule has 19 heavy (non-hydrogen) atoms. The zero-order valence-corrected chi connectivity index (χ0v) is 12.8. The Morgan fingerprint density at radius 1 is 1.63 bits per heavy atom. The fourth-order valence-corrected chi connectivity index (χ4v) is 2.41. The topological polar surface area (TPSA) is 72.5 Å². The number of unbranched alkanes of at least 4 members (excludes halogenated alkanes) is 1. The number of allylic oxidation sites excluding steroid dienone is 1. The van der Waals surface area contributed by atoms with Gasteiger partial charge in [0.15, 0.2) is 0 Å². The number of hydrogen-bond acceptors (Lipinski definition) is 3. The van der Waals surface area contributed by atoms with E-state index in [1.165, 1.54) is 0 Å². The molecule has 0 saturated heterocycles. The summed E-state index contributed by atoms with van der Waals surface area (Å²) in [5.41, 5.74) is 6.46. The summed E-state index contributed by atoms with van der Waals surface area (Å²) in [5, 5.41) is 8.82. The second-order valence-electron chi connectivity index (χ2n) is 4.43. The molecular weight excluding hydrogens is 364 g/mol. The minimum absolute atomic E-state index is 0.0610. The Bertz CT molecular complexity index is 371. The molecule has 0 spiro atoms. The molecule has 0 saturated carbocycles. The number of carbonyl (C=O) groups is 1. The number of carboxylic acid groups (broad SMARTS) is 1. The fourth-order valence-electron chi connectivity index (χ4n) is 1.76. The Labute approximate surface area is 126 Å². The van der Waals surface area contributed by atoms with Crippen LogP contribution in [0.2, 0.25) is 0 Å². The van der Waals surface area contributed by atoms with Crippen molar-refractivity contribution < 1.29 is 19.0 Å².